The van der Waals surface area contributed by atoms with Gasteiger partial charge in [0, 0.05) is 0 Å². The number of nitrogens with one attached hydrogen (secondary N) is 2. The Morgan fingerprint density at radius 1 is 1.53 bits per heavy atom. The van der Waals surface area contributed by atoms with E-state index in [0.717, 1.165) is 23.3 Å². The maximum Gasteiger partial charge on any atom is 0.124 e. The number of benzene rings is 1. The van der Waals surface area contributed by atoms with Crippen molar-refractivity contribution < 1.29 is 0 Å². The third-order valence-corrected chi connectivity index (χ3v) is 2.87. The normalized spacial score (nSPS) is 13.3. The van der Waals surface area contributed by atoms with Gasteiger partial charge < -0.3 is 10.3 Å². The van der Waals surface area contributed by atoms with E-state index in [2.05, 4.69) is 22.2 Å². The molecule has 15 heavy (non-hydrogen) atoms. The van der Waals surface area contributed by atoms with Crippen molar-refractivity contribution in [2.75, 3.05) is 7.05 Å². The van der Waals surface area contributed by atoms with E-state index in [0.29, 0.717) is 5.02 Å². The summed E-state index contributed by atoms with van der Waals surface area (Å²) in [6, 6.07) is 6.02. The molecule has 0 aliphatic heterocycles. The first kappa shape index (κ1) is 10.5. The average molecular weight is 224 g/mol. The van der Waals surface area contributed by atoms with Crippen LogP contribution >= 0.6 is 11.6 Å². The molecule has 4 heteroatoms. The highest BCUT2D eigenvalue weighted by molar-refractivity contribution is 6.34. The molecule has 80 valence electrons. The molecule has 0 aliphatic carbocycles. The summed E-state index contributed by atoms with van der Waals surface area (Å²) >= 11 is 6.06. The first-order chi connectivity index (χ1) is 7.26. The van der Waals surface area contributed by atoms with Gasteiger partial charge in [-0.15, -0.1) is 0 Å². The first-order valence-electron chi connectivity index (χ1n) is 5.07. The van der Waals surface area contributed by atoms with Crippen LogP contribution in [0.15, 0.2) is 18.2 Å². The van der Waals surface area contributed by atoms with Gasteiger partial charge in [-0.25, -0.2) is 4.98 Å². The number of imidazole rings is 1. The molecule has 2 aromatic rings. The Morgan fingerprint density at radius 3 is 2.93 bits per heavy atom. The number of hydrogen-bond donors (Lipinski definition) is 2. The van der Waals surface area contributed by atoms with Gasteiger partial charge in [-0.05, 0) is 25.6 Å². The SMILES string of the molecule is CCC(NC)c1nc2c(Cl)cccc2[nH]1. The molecule has 3 nitrogen and oxygen atoms in total. The third kappa shape index (κ3) is 1.85. The zero-order valence-corrected chi connectivity index (χ0v) is 9.60. The molecule has 1 aromatic heterocycles. The topological polar surface area (TPSA) is 40.7 Å². The third-order valence-electron chi connectivity index (χ3n) is 2.57. The van der Waals surface area contributed by atoms with Crippen LogP contribution in [-0.2, 0) is 0 Å². The Kier molecular flexibility index (Phi) is 2.93. The lowest BCUT2D eigenvalue weighted by Gasteiger charge is -2.09. The largest absolute Gasteiger partial charge is 0.341 e. The van der Waals surface area contributed by atoms with E-state index < -0.39 is 0 Å². The Hall–Kier alpha value is -1.06. The van der Waals surface area contributed by atoms with Gasteiger partial charge in [0.1, 0.15) is 11.3 Å². The maximum atomic E-state index is 6.06. The Balaban J connectivity index is 2.51. The summed E-state index contributed by atoms with van der Waals surface area (Å²) < 4.78 is 0. The van der Waals surface area contributed by atoms with Gasteiger partial charge in [0.2, 0.25) is 0 Å². The van der Waals surface area contributed by atoms with Gasteiger partial charge in [0.05, 0.1) is 16.6 Å². The lowest BCUT2D eigenvalue weighted by molar-refractivity contribution is 0.551. The molecule has 0 spiro atoms. The van der Waals surface area contributed by atoms with Crippen LogP contribution in [0, 0.1) is 0 Å². The minimum absolute atomic E-state index is 0.258. The standard InChI is InChI=1S/C11H14ClN3/c1-3-8(13-2)11-14-9-6-4-5-7(12)10(9)15-11/h4-6,8,13H,3H2,1-2H3,(H,14,15). The van der Waals surface area contributed by atoms with Crippen LogP contribution in [-0.4, -0.2) is 17.0 Å². The smallest absolute Gasteiger partial charge is 0.124 e. The van der Waals surface area contributed by atoms with Crippen LogP contribution < -0.4 is 5.32 Å². The second-order valence-corrected chi connectivity index (χ2v) is 3.91. The van der Waals surface area contributed by atoms with Crippen LogP contribution in [0.25, 0.3) is 11.0 Å². The summed E-state index contributed by atoms with van der Waals surface area (Å²) in [7, 11) is 1.93. The molecule has 0 saturated heterocycles. The fourth-order valence-corrected chi connectivity index (χ4v) is 1.93. The predicted octanol–water partition coefficient (Wildman–Crippen LogP) is 2.89. The summed E-state index contributed by atoms with van der Waals surface area (Å²) in [4.78, 5) is 7.78. The number of rotatable bonds is 3. The van der Waals surface area contributed by atoms with Gasteiger partial charge in [-0.3, -0.25) is 0 Å². The molecule has 2 N–H and O–H groups in total. The number of fused-ring (bicyclic) bond motifs is 1. The quantitative estimate of drug-likeness (QED) is 0.840. The lowest BCUT2D eigenvalue weighted by Crippen LogP contribution is -2.16. The highest BCUT2D eigenvalue weighted by atomic mass is 35.5. The number of H-pyrrole nitrogens is 1. The fraction of sp³-hybridized carbons (Fsp3) is 0.364. The zero-order chi connectivity index (χ0) is 10.8. The Bertz CT molecular complexity index is 460. The molecule has 0 saturated carbocycles. The summed E-state index contributed by atoms with van der Waals surface area (Å²) in [5.41, 5.74) is 1.84. The van der Waals surface area contributed by atoms with E-state index >= 15 is 0 Å². The van der Waals surface area contributed by atoms with Crippen molar-refractivity contribution in [2.24, 2.45) is 0 Å². The molecule has 1 atom stereocenters. The van der Waals surface area contributed by atoms with Crippen molar-refractivity contribution in [1.29, 1.82) is 0 Å². The number of aromatic amines is 1. The van der Waals surface area contributed by atoms with Gasteiger partial charge in [-0.2, -0.15) is 0 Å². The maximum absolute atomic E-state index is 6.06. The van der Waals surface area contributed by atoms with Crippen molar-refractivity contribution in [3.05, 3.63) is 29.0 Å². The number of nitrogens with zero attached hydrogens (tertiary/aromatic N) is 1. The summed E-state index contributed by atoms with van der Waals surface area (Å²) in [6.45, 7) is 2.12. The van der Waals surface area contributed by atoms with E-state index in [1.807, 2.05) is 25.2 Å². The van der Waals surface area contributed by atoms with Gasteiger partial charge in [-0.1, -0.05) is 24.6 Å². The van der Waals surface area contributed by atoms with Crippen molar-refractivity contribution in [3.8, 4) is 0 Å². The minimum Gasteiger partial charge on any atom is -0.341 e. The van der Waals surface area contributed by atoms with Crippen molar-refractivity contribution in [3.63, 3.8) is 0 Å². The van der Waals surface area contributed by atoms with Gasteiger partial charge in [0.25, 0.3) is 0 Å². The monoisotopic (exact) mass is 223 g/mol. The molecule has 0 amide bonds. The molecule has 1 heterocycles. The predicted molar refractivity (Wildman–Crippen MR) is 63.2 cm³/mol. The number of halogens is 1. The average Bonchev–Trinajstić information content (AvgIpc) is 2.65. The van der Waals surface area contributed by atoms with Crippen molar-refractivity contribution in [1.82, 2.24) is 15.3 Å². The Labute approximate surface area is 93.9 Å². The van der Waals surface area contributed by atoms with Crippen molar-refractivity contribution >= 4 is 22.6 Å². The molecular weight excluding hydrogens is 210 g/mol. The highest BCUT2D eigenvalue weighted by Crippen LogP contribution is 2.23. The first-order valence-corrected chi connectivity index (χ1v) is 5.45. The second-order valence-electron chi connectivity index (χ2n) is 3.51. The molecule has 1 aromatic carbocycles. The van der Waals surface area contributed by atoms with E-state index in [1.165, 1.54) is 0 Å². The van der Waals surface area contributed by atoms with E-state index in [4.69, 9.17) is 11.6 Å². The fourth-order valence-electron chi connectivity index (χ4n) is 1.72. The number of hydrogen-bond acceptors (Lipinski definition) is 2. The summed E-state index contributed by atoms with van der Waals surface area (Å²) in [5, 5.41) is 3.91. The van der Waals surface area contributed by atoms with Gasteiger partial charge >= 0.3 is 0 Å². The number of para-hydroxylation sites is 1. The minimum atomic E-state index is 0.258. The highest BCUT2D eigenvalue weighted by Gasteiger charge is 2.12. The van der Waals surface area contributed by atoms with Crippen LogP contribution in [0.4, 0.5) is 0 Å². The van der Waals surface area contributed by atoms with E-state index in [9.17, 15) is 0 Å². The Morgan fingerprint density at radius 2 is 2.33 bits per heavy atom. The molecule has 0 aliphatic rings. The summed E-state index contributed by atoms with van der Waals surface area (Å²) in [5.74, 6) is 0.947. The van der Waals surface area contributed by atoms with Gasteiger partial charge in [0.15, 0.2) is 0 Å². The molecule has 1 unspecified atom stereocenters. The summed E-state index contributed by atoms with van der Waals surface area (Å²) in [6.07, 6.45) is 0.994. The van der Waals surface area contributed by atoms with Crippen molar-refractivity contribution in [2.45, 2.75) is 19.4 Å². The second kappa shape index (κ2) is 4.21. The number of aromatic nitrogens is 2. The molecule has 2 rings (SSSR count). The zero-order valence-electron chi connectivity index (χ0n) is 8.84. The lowest BCUT2D eigenvalue weighted by atomic mass is 10.2. The molecule has 0 radical (unpaired) electrons. The molecule has 0 fully saturated rings. The molecular formula is C11H14ClN3. The molecule has 0 bridgehead atoms. The van der Waals surface area contributed by atoms with E-state index in [1.54, 1.807) is 0 Å². The van der Waals surface area contributed by atoms with E-state index in [-0.39, 0.29) is 6.04 Å². The van der Waals surface area contributed by atoms with Crippen LogP contribution in [0.5, 0.6) is 0 Å². The van der Waals surface area contributed by atoms with Crippen LogP contribution in [0.2, 0.25) is 5.02 Å². The van der Waals surface area contributed by atoms with Crippen LogP contribution in [0.3, 0.4) is 0 Å². The van der Waals surface area contributed by atoms with Crippen LogP contribution in [0.1, 0.15) is 25.2 Å².